The maximum atomic E-state index is 10.1. The molecule has 0 aromatic rings. The van der Waals surface area contributed by atoms with Crippen LogP contribution in [-0.2, 0) is 9.68 Å². The van der Waals surface area contributed by atoms with Crippen LogP contribution in [0, 0.1) is 0 Å². The van der Waals surface area contributed by atoms with Crippen LogP contribution in [0.2, 0.25) is 0 Å². The Hall–Kier alpha value is -0.650. The molecule has 0 aromatic carbocycles. The minimum atomic E-state index is -1.86. The lowest BCUT2D eigenvalue weighted by Crippen LogP contribution is -2.36. The van der Waals surface area contributed by atoms with Crippen LogP contribution in [0.15, 0.2) is 0 Å². The lowest BCUT2D eigenvalue weighted by atomic mass is 10.0. The normalized spacial score (nSPS) is 16.3. The lowest BCUT2D eigenvalue weighted by molar-refractivity contribution is -0.689. The van der Waals surface area contributed by atoms with Gasteiger partial charge in [0.2, 0.25) is 0 Å². The number of carboxylic acid groups (broad SMARTS) is 1. The average Bonchev–Trinajstić information content (AvgIpc) is 1.84. The van der Waals surface area contributed by atoms with Crippen molar-refractivity contribution in [2.75, 3.05) is 6.61 Å². The van der Waals surface area contributed by atoms with Gasteiger partial charge in [0.1, 0.15) is 0 Å². The zero-order valence-corrected chi connectivity index (χ0v) is 5.53. The quantitative estimate of drug-likeness (QED) is 0.375. The van der Waals surface area contributed by atoms with Crippen molar-refractivity contribution in [1.82, 2.24) is 0 Å². The molecule has 0 saturated carbocycles. The lowest BCUT2D eigenvalue weighted by Gasteiger charge is -2.18. The van der Waals surface area contributed by atoms with Crippen molar-refractivity contribution in [3.63, 3.8) is 0 Å². The summed E-state index contributed by atoms with van der Waals surface area (Å²) in [5.74, 6) is -1.36. The Kier molecular flexibility index (Phi) is 3.27. The van der Waals surface area contributed by atoms with Gasteiger partial charge in [0.15, 0.2) is 5.60 Å². The maximum Gasteiger partial charge on any atom is 0.335 e. The standard InChI is InChI=1S/C5H10O5/c1-5(8,4(6)7)2-3-10-9/h8-9H,2-3H2,1H3,(H,6,7)/p-1. The molecule has 0 rings (SSSR count). The minimum absolute atomic E-state index is 0.203. The molecule has 60 valence electrons. The van der Waals surface area contributed by atoms with Crippen molar-refractivity contribution < 1.29 is 25.2 Å². The summed E-state index contributed by atoms with van der Waals surface area (Å²) in [6.07, 6.45) is -0.203. The van der Waals surface area contributed by atoms with Crippen molar-refractivity contribution in [3.05, 3.63) is 0 Å². The van der Waals surface area contributed by atoms with Crippen LogP contribution in [0.4, 0.5) is 0 Å². The van der Waals surface area contributed by atoms with Gasteiger partial charge in [-0.3, -0.25) is 0 Å². The molecule has 1 unspecified atom stereocenters. The van der Waals surface area contributed by atoms with E-state index in [0.717, 1.165) is 6.92 Å². The Balaban J connectivity index is 3.75. The van der Waals surface area contributed by atoms with Crippen LogP contribution in [-0.4, -0.2) is 28.4 Å². The zero-order valence-electron chi connectivity index (χ0n) is 5.53. The molecule has 10 heavy (non-hydrogen) atoms. The van der Waals surface area contributed by atoms with Gasteiger partial charge in [-0.1, -0.05) is 0 Å². The van der Waals surface area contributed by atoms with E-state index in [1.807, 2.05) is 0 Å². The molecule has 0 spiro atoms. The summed E-state index contributed by atoms with van der Waals surface area (Å²) in [6, 6.07) is 0. The molecule has 5 nitrogen and oxygen atoms in total. The van der Waals surface area contributed by atoms with Crippen LogP contribution < -0.4 is 5.26 Å². The molecule has 1 atom stereocenters. The highest BCUT2D eigenvalue weighted by atomic mass is 17.1. The number of rotatable bonds is 4. The minimum Gasteiger partial charge on any atom is -0.723 e. The summed E-state index contributed by atoms with van der Waals surface area (Å²) in [6.45, 7) is 0.799. The van der Waals surface area contributed by atoms with E-state index in [4.69, 9.17) is 10.2 Å². The second-order valence-corrected chi connectivity index (χ2v) is 2.15. The molecule has 0 saturated heterocycles. The van der Waals surface area contributed by atoms with Crippen LogP contribution in [0.5, 0.6) is 0 Å². The van der Waals surface area contributed by atoms with Crippen molar-refractivity contribution in [2.24, 2.45) is 0 Å². The van der Waals surface area contributed by atoms with Gasteiger partial charge < -0.3 is 20.4 Å². The van der Waals surface area contributed by atoms with E-state index in [-0.39, 0.29) is 13.0 Å². The Morgan fingerprint density at radius 2 is 2.30 bits per heavy atom. The highest BCUT2D eigenvalue weighted by molar-refractivity contribution is 5.76. The van der Waals surface area contributed by atoms with Gasteiger partial charge in [-0.05, 0) is 6.92 Å². The van der Waals surface area contributed by atoms with E-state index in [0.29, 0.717) is 0 Å². The third-order valence-electron chi connectivity index (χ3n) is 1.13. The fourth-order valence-electron chi connectivity index (χ4n) is 0.347. The van der Waals surface area contributed by atoms with Gasteiger partial charge in [0.25, 0.3) is 0 Å². The summed E-state index contributed by atoms with van der Waals surface area (Å²) < 4.78 is 0. The Bertz CT molecular complexity index is 119. The van der Waals surface area contributed by atoms with E-state index in [2.05, 4.69) is 4.89 Å². The van der Waals surface area contributed by atoms with Crippen LogP contribution >= 0.6 is 0 Å². The monoisotopic (exact) mass is 149 g/mol. The molecule has 0 radical (unpaired) electrons. The van der Waals surface area contributed by atoms with Crippen LogP contribution in [0.1, 0.15) is 13.3 Å². The maximum absolute atomic E-state index is 10.1. The van der Waals surface area contributed by atoms with E-state index < -0.39 is 11.6 Å². The third-order valence-corrected chi connectivity index (χ3v) is 1.13. The average molecular weight is 149 g/mol. The topological polar surface area (TPSA) is 89.8 Å². The zero-order chi connectivity index (χ0) is 8.20. The molecule has 0 fully saturated rings. The summed E-state index contributed by atoms with van der Waals surface area (Å²) in [5, 5.41) is 26.6. The molecule has 2 N–H and O–H groups in total. The van der Waals surface area contributed by atoms with E-state index in [9.17, 15) is 10.1 Å². The number of hydrogen-bond donors (Lipinski definition) is 2. The Morgan fingerprint density at radius 3 is 2.60 bits per heavy atom. The van der Waals surface area contributed by atoms with Crippen LogP contribution in [0.3, 0.4) is 0 Å². The molecule has 0 bridgehead atoms. The fraction of sp³-hybridized carbons (Fsp3) is 0.800. The van der Waals surface area contributed by atoms with Gasteiger partial charge >= 0.3 is 5.97 Å². The number of carboxylic acids is 1. The summed E-state index contributed by atoms with van der Waals surface area (Å²) in [5.41, 5.74) is -1.86. The third kappa shape index (κ3) is 2.77. The first-order valence-electron chi connectivity index (χ1n) is 2.71. The number of aliphatic carboxylic acids is 1. The van der Waals surface area contributed by atoms with Crippen LogP contribution in [0.25, 0.3) is 0 Å². The number of aliphatic hydroxyl groups is 1. The summed E-state index contributed by atoms with van der Waals surface area (Å²) in [7, 11) is 0. The molecule has 0 aliphatic heterocycles. The Morgan fingerprint density at radius 1 is 1.80 bits per heavy atom. The first-order valence-corrected chi connectivity index (χ1v) is 2.71. The van der Waals surface area contributed by atoms with E-state index in [1.165, 1.54) is 0 Å². The largest absolute Gasteiger partial charge is 0.723 e. The first-order chi connectivity index (χ1) is 4.50. The Labute approximate surface area is 57.8 Å². The van der Waals surface area contributed by atoms with Gasteiger partial charge in [-0.2, -0.15) is 0 Å². The van der Waals surface area contributed by atoms with E-state index >= 15 is 0 Å². The predicted molar refractivity (Wildman–Crippen MR) is 28.8 cm³/mol. The molecular formula is C5H9O5-. The predicted octanol–water partition coefficient (Wildman–Crippen LogP) is -1.50. The highest BCUT2D eigenvalue weighted by Gasteiger charge is 2.28. The van der Waals surface area contributed by atoms with Gasteiger partial charge in [-0.25, -0.2) is 4.79 Å². The second kappa shape index (κ2) is 3.50. The molecular weight excluding hydrogens is 140 g/mol. The number of hydrogen-bond acceptors (Lipinski definition) is 4. The summed E-state index contributed by atoms with van der Waals surface area (Å²) >= 11 is 0. The van der Waals surface area contributed by atoms with Crippen molar-refractivity contribution in [2.45, 2.75) is 18.9 Å². The van der Waals surface area contributed by atoms with E-state index in [1.54, 1.807) is 0 Å². The smallest absolute Gasteiger partial charge is 0.335 e. The SMILES string of the molecule is CC(O)(CCO[O-])C(=O)O. The highest BCUT2D eigenvalue weighted by Crippen LogP contribution is 2.07. The number of carbonyl (C=O) groups is 1. The first kappa shape index (κ1) is 9.35. The molecule has 0 aromatic heterocycles. The molecule has 0 aliphatic rings. The molecule has 5 heteroatoms. The van der Waals surface area contributed by atoms with Gasteiger partial charge in [-0.15, -0.1) is 0 Å². The summed E-state index contributed by atoms with van der Waals surface area (Å²) in [4.78, 5) is 13.5. The van der Waals surface area contributed by atoms with Crippen molar-refractivity contribution in [1.29, 1.82) is 0 Å². The van der Waals surface area contributed by atoms with Crippen molar-refractivity contribution in [3.8, 4) is 0 Å². The van der Waals surface area contributed by atoms with Crippen molar-refractivity contribution >= 4 is 5.97 Å². The molecule has 0 aliphatic carbocycles. The molecule has 0 amide bonds. The van der Waals surface area contributed by atoms with Gasteiger partial charge in [0.05, 0.1) is 0 Å². The van der Waals surface area contributed by atoms with Gasteiger partial charge in [0, 0.05) is 13.0 Å². The molecule has 0 heterocycles. The second-order valence-electron chi connectivity index (χ2n) is 2.15. The fourth-order valence-corrected chi connectivity index (χ4v) is 0.347.